The largest absolute Gasteiger partial charge is 0.380 e. The van der Waals surface area contributed by atoms with Crippen LogP contribution in [-0.2, 0) is 21.3 Å². The molecule has 1 fully saturated rings. The van der Waals surface area contributed by atoms with Crippen LogP contribution in [-0.4, -0.2) is 53.9 Å². The lowest BCUT2D eigenvalue weighted by Gasteiger charge is -2.34. The first-order chi connectivity index (χ1) is 17.8. The number of sulfonamides is 1. The molecule has 0 bridgehead atoms. The number of nitro benzene ring substituents is 1. The molecule has 2 aromatic carbocycles. The Morgan fingerprint density at radius 2 is 1.95 bits per heavy atom. The van der Waals surface area contributed by atoms with Gasteiger partial charge in [0.25, 0.3) is 11.6 Å². The van der Waals surface area contributed by atoms with E-state index >= 15 is 0 Å². The van der Waals surface area contributed by atoms with Crippen molar-refractivity contribution in [2.45, 2.75) is 57.0 Å². The second kappa shape index (κ2) is 11.6. The van der Waals surface area contributed by atoms with Crippen LogP contribution in [0, 0.1) is 10.1 Å². The summed E-state index contributed by atoms with van der Waals surface area (Å²) in [5.74, 6) is -0.528. The van der Waals surface area contributed by atoms with Crippen molar-refractivity contribution in [1.82, 2.24) is 8.87 Å². The summed E-state index contributed by atoms with van der Waals surface area (Å²) in [6, 6.07) is 10.4. The summed E-state index contributed by atoms with van der Waals surface area (Å²) in [4.78, 5) is 28.6. The zero-order valence-corrected chi connectivity index (χ0v) is 22.5. The van der Waals surface area contributed by atoms with E-state index in [0.717, 1.165) is 31.2 Å². The standard InChI is InChI=1S/C25H30N4O6S2/c1-3-19-7-5-6-14-28(19)37(33,34)21-11-8-18(9-12-21)24(30)26-25-27(15-16-35-4-2)22-13-10-20(29(31)32)17-23(22)36-25/h8-13,17,19H,3-7,14-16H2,1-2H3. The first-order valence-corrected chi connectivity index (χ1v) is 14.6. The normalized spacial score (nSPS) is 17.4. The quantitative estimate of drug-likeness (QED) is 0.223. The highest BCUT2D eigenvalue weighted by atomic mass is 32.2. The number of carbonyl (C=O) groups excluding carboxylic acids is 1. The van der Waals surface area contributed by atoms with Gasteiger partial charge in [0.1, 0.15) is 0 Å². The lowest BCUT2D eigenvalue weighted by Crippen LogP contribution is -2.43. The Morgan fingerprint density at radius 3 is 2.62 bits per heavy atom. The third kappa shape index (κ3) is 5.82. The molecule has 1 saturated heterocycles. The zero-order chi connectivity index (χ0) is 26.6. The molecule has 1 aliphatic rings. The van der Waals surface area contributed by atoms with Crippen molar-refractivity contribution in [3.63, 3.8) is 0 Å². The van der Waals surface area contributed by atoms with Crippen LogP contribution in [0.25, 0.3) is 10.2 Å². The molecule has 1 unspecified atom stereocenters. The van der Waals surface area contributed by atoms with Crippen LogP contribution < -0.4 is 4.80 Å². The Hall–Kier alpha value is -2.93. The Balaban J connectivity index is 1.65. The molecule has 3 aromatic rings. The molecule has 2 heterocycles. The molecule has 1 amide bonds. The molecule has 12 heteroatoms. The minimum absolute atomic E-state index is 0.00835. The average Bonchev–Trinajstić information content (AvgIpc) is 3.24. The highest BCUT2D eigenvalue weighted by Gasteiger charge is 2.32. The first kappa shape index (κ1) is 27.1. The van der Waals surface area contributed by atoms with Crippen LogP contribution in [0.5, 0.6) is 0 Å². The summed E-state index contributed by atoms with van der Waals surface area (Å²) in [5.41, 5.74) is 0.930. The number of thiazole rings is 1. The molecule has 4 rings (SSSR count). The van der Waals surface area contributed by atoms with E-state index in [9.17, 15) is 23.3 Å². The predicted octanol–water partition coefficient (Wildman–Crippen LogP) is 4.34. The third-order valence-electron chi connectivity index (χ3n) is 6.49. The van der Waals surface area contributed by atoms with E-state index in [0.29, 0.717) is 35.8 Å². The van der Waals surface area contributed by atoms with Crippen LogP contribution in [0.2, 0.25) is 0 Å². The Kier molecular flexibility index (Phi) is 8.53. The SMILES string of the molecule is CCOCCn1c(=NC(=O)c2ccc(S(=O)(=O)N3CCCCC3CC)cc2)sc2cc([N+](=O)[O-])ccc21. The number of rotatable bonds is 9. The van der Waals surface area contributed by atoms with Crippen molar-refractivity contribution in [2.24, 2.45) is 4.99 Å². The summed E-state index contributed by atoms with van der Waals surface area (Å²) in [6.45, 7) is 5.72. The van der Waals surface area contributed by atoms with E-state index in [2.05, 4.69) is 4.99 Å². The van der Waals surface area contributed by atoms with Crippen molar-refractivity contribution >= 4 is 43.2 Å². The number of hydrogen-bond donors (Lipinski definition) is 0. The van der Waals surface area contributed by atoms with Gasteiger partial charge >= 0.3 is 0 Å². The van der Waals surface area contributed by atoms with Crippen LogP contribution in [0.3, 0.4) is 0 Å². The third-order valence-corrected chi connectivity index (χ3v) is 9.50. The highest BCUT2D eigenvalue weighted by Crippen LogP contribution is 2.27. The number of benzene rings is 2. The fourth-order valence-electron chi connectivity index (χ4n) is 4.53. The lowest BCUT2D eigenvalue weighted by atomic mass is 10.0. The fraction of sp³-hybridized carbons (Fsp3) is 0.440. The molecule has 10 nitrogen and oxygen atoms in total. The summed E-state index contributed by atoms with van der Waals surface area (Å²) < 4.78 is 35.9. The van der Waals surface area contributed by atoms with Gasteiger partial charge in [0.15, 0.2) is 4.80 Å². The van der Waals surface area contributed by atoms with Gasteiger partial charge in [0.2, 0.25) is 10.0 Å². The number of non-ortho nitro benzene ring substituents is 1. The predicted molar refractivity (Wildman–Crippen MR) is 141 cm³/mol. The van der Waals surface area contributed by atoms with Crippen molar-refractivity contribution < 1.29 is 22.9 Å². The molecule has 0 saturated carbocycles. The van der Waals surface area contributed by atoms with Crippen LogP contribution in [0.15, 0.2) is 52.4 Å². The van der Waals surface area contributed by atoms with Gasteiger partial charge in [-0.05, 0) is 56.5 Å². The maximum absolute atomic E-state index is 13.2. The van der Waals surface area contributed by atoms with Crippen LogP contribution in [0.1, 0.15) is 49.9 Å². The molecule has 1 aromatic heterocycles. The monoisotopic (exact) mass is 546 g/mol. The molecular formula is C25H30N4O6S2. The van der Waals surface area contributed by atoms with Crippen molar-refractivity contribution in [2.75, 3.05) is 19.8 Å². The summed E-state index contributed by atoms with van der Waals surface area (Å²) >= 11 is 1.18. The highest BCUT2D eigenvalue weighted by molar-refractivity contribution is 7.89. The summed E-state index contributed by atoms with van der Waals surface area (Å²) in [7, 11) is -3.65. The number of fused-ring (bicyclic) bond motifs is 1. The lowest BCUT2D eigenvalue weighted by molar-refractivity contribution is -0.384. The van der Waals surface area contributed by atoms with Gasteiger partial charge in [0.05, 0.1) is 26.6 Å². The van der Waals surface area contributed by atoms with Crippen molar-refractivity contribution in [3.05, 3.63) is 62.9 Å². The van der Waals surface area contributed by atoms with Gasteiger partial charge in [-0.1, -0.05) is 24.7 Å². The number of hydrogen-bond acceptors (Lipinski definition) is 7. The van der Waals surface area contributed by atoms with E-state index in [-0.39, 0.29) is 22.2 Å². The molecule has 198 valence electrons. The molecule has 1 atom stereocenters. The van der Waals surface area contributed by atoms with Gasteiger partial charge < -0.3 is 9.30 Å². The molecule has 0 spiro atoms. The average molecular weight is 547 g/mol. The number of amides is 1. The van der Waals surface area contributed by atoms with Crippen molar-refractivity contribution in [3.8, 4) is 0 Å². The minimum atomic E-state index is -3.65. The van der Waals surface area contributed by atoms with E-state index < -0.39 is 20.9 Å². The molecule has 37 heavy (non-hydrogen) atoms. The van der Waals surface area contributed by atoms with Gasteiger partial charge in [-0.15, -0.1) is 0 Å². The Labute approximate surface area is 219 Å². The minimum Gasteiger partial charge on any atom is -0.380 e. The van der Waals surface area contributed by atoms with Gasteiger partial charge in [-0.2, -0.15) is 9.30 Å². The van der Waals surface area contributed by atoms with E-state index in [1.807, 2.05) is 13.8 Å². The second-order valence-corrected chi connectivity index (χ2v) is 11.7. The number of carbonyl (C=O) groups is 1. The zero-order valence-electron chi connectivity index (χ0n) is 20.8. The molecule has 0 aliphatic carbocycles. The van der Waals surface area contributed by atoms with Gasteiger partial charge in [-0.25, -0.2) is 8.42 Å². The number of piperidine rings is 1. The van der Waals surface area contributed by atoms with Gasteiger partial charge in [0, 0.05) is 43.4 Å². The van der Waals surface area contributed by atoms with E-state index in [1.54, 1.807) is 14.9 Å². The maximum atomic E-state index is 13.2. The van der Waals surface area contributed by atoms with E-state index in [1.165, 1.54) is 47.7 Å². The fourth-order valence-corrected chi connectivity index (χ4v) is 7.39. The maximum Gasteiger partial charge on any atom is 0.279 e. The Morgan fingerprint density at radius 1 is 1.19 bits per heavy atom. The smallest absolute Gasteiger partial charge is 0.279 e. The summed E-state index contributed by atoms with van der Waals surface area (Å²) in [5, 5.41) is 11.2. The number of ether oxygens (including phenoxy) is 1. The van der Waals surface area contributed by atoms with Crippen LogP contribution >= 0.6 is 11.3 Å². The van der Waals surface area contributed by atoms with Gasteiger partial charge in [-0.3, -0.25) is 14.9 Å². The molecular weight excluding hydrogens is 516 g/mol. The van der Waals surface area contributed by atoms with Crippen LogP contribution in [0.4, 0.5) is 5.69 Å². The number of nitrogens with zero attached hydrogens (tertiary/aromatic N) is 4. The molecule has 0 radical (unpaired) electrons. The summed E-state index contributed by atoms with van der Waals surface area (Å²) in [6.07, 6.45) is 3.48. The number of nitro groups is 1. The topological polar surface area (TPSA) is 124 Å². The second-order valence-electron chi connectivity index (χ2n) is 8.76. The Bertz CT molecular complexity index is 1460. The van der Waals surface area contributed by atoms with Crippen molar-refractivity contribution in [1.29, 1.82) is 0 Å². The molecule has 1 aliphatic heterocycles. The van der Waals surface area contributed by atoms with E-state index in [4.69, 9.17) is 4.74 Å². The molecule has 0 N–H and O–H groups in total. The first-order valence-electron chi connectivity index (χ1n) is 12.3. The number of aromatic nitrogens is 1.